The molecule has 1 spiro atoms. The number of carbonyl (C=O) groups excluding carboxylic acids is 1. The lowest BCUT2D eigenvalue weighted by atomic mass is 9.72. The van der Waals surface area contributed by atoms with Crippen molar-refractivity contribution in [1.29, 1.82) is 5.26 Å². The maximum Gasteiger partial charge on any atom is 0.236 e. The van der Waals surface area contributed by atoms with E-state index in [1.165, 1.54) is 23.5 Å². The number of hydrogen-bond donors (Lipinski definition) is 1. The van der Waals surface area contributed by atoms with Crippen LogP contribution < -0.4 is 9.80 Å². The zero-order valence-electron chi connectivity index (χ0n) is 24.8. The van der Waals surface area contributed by atoms with Crippen molar-refractivity contribution in [1.82, 2.24) is 29.4 Å². The number of halogens is 1. The maximum absolute atomic E-state index is 13.5. The van der Waals surface area contributed by atoms with Gasteiger partial charge in [0.1, 0.15) is 28.3 Å². The second-order valence-corrected chi connectivity index (χ2v) is 13.1. The molecule has 0 unspecified atom stereocenters. The number of anilines is 3. The Balaban J connectivity index is 1.08. The Labute approximate surface area is 258 Å². The molecule has 6 heterocycles. The van der Waals surface area contributed by atoms with Crippen LogP contribution in [-0.2, 0) is 11.2 Å². The number of aromatic nitrogens is 4. The molecule has 13 heteroatoms. The number of carbonyl (C=O) groups is 1. The number of likely N-dealkylation sites (tertiary alicyclic amines) is 2. The Morgan fingerprint density at radius 2 is 1.89 bits per heavy atom. The molecule has 4 aromatic rings. The quantitative estimate of drug-likeness (QED) is 0.334. The van der Waals surface area contributed by atoms with Gasteiger partial charge in [0.15, 0.2) is 16.6 Å². The third kappa shape index (κ3) is 5.06. The fourth-order valence-electron chi connectivity index (χ4n) is 6.61. The molecule has 1 amide bonds. The minimum absolute atomic E-state index is 0.112. The second kappa shape index (κ2) is 11.1. The zero-order chi connectivity index (χ0) is 30.6. The van der Waals surface area contributed by atoms with E-state index in [1.54, 1.807) is 17.0 Å². The summed E-state index contributed by atoms with van der Waals surface area (Å²) in [7, 11) is 1.91. The Hall–Kier alpha value is -4.12. The average molecular weight is 616 g/mol. The van der Waals surface area contributed by atoms with E-state index >= 15 is 0 Å². The van der Waals surface area contributed by atoms with Gasteiger partial charge in [0.2, 0.25) is 5.91 Å². The van der Waals surface area contributed by atoms with E-state index in [9.17, 15) is 19.6 Å². The van der Waals surface area contributed by atoms with Crippen LogP contribution in [0.3, 0.4) is 0 Å². The van der Waals surface area contributed by atoms with Crippen molar-refractivity contribution < 1.29 is 14.3 Å². The molecular weight excluding hydrogens is 581 g/mol. The van der Waals surface area contributed by atoms with Gasteiger partial charge in [0, 0.05) is 51.9 Å². The van der Waals surface area contributed by atoms with Gasteiger partial charge in [-0.05, 0) is 61.1 Å². The van der Waals surface area contributed by atoms with Crippen LogP contribution >= 0.6 is 11.3 Å². The summed E-state index contributed by atoms with van der Waals surface area (Å²) in [6, 6.07) is 12.3. The number of nitrogens with zero attached hydrogens (tertiary/aromatic N) is 9. The predicted molar refractivity (Wildman–Crippen MR) is 166 cm³/mol. The zero-order valence-corrected chi connectivity index (χ0v) is 25.6. The van der Waals surface area contributed by atoms with Gasteiger partial charge in [-0.25, -0.2) is 14.4 Å². The smallest absolute Gasteiger partial charge is 0.236 e. The van der Waals surface area contributed by atoms with Gasteiger partial charge in [-0.3, -0.25) is 9.69 Å². The number of aliphatic hydroxyl groups excluding tert-OH is 1. The molecule has 0 radical (unpaired) electrons. The highest BCUT2D eigenvalue weighted by atomic mass is 32.1. The van der Waals surface area contributed by atoms with Crippen LogP contribution in [0.1, 0.15) is 30.3 Å². The van der Waals surface area contributed by atoms with E-state index in [4.69, 9.17) is 15.1 Å². The summed E-state index contributed by atoms with van der Waals surface area (Å²) in [6.07, 6.45) is 2.41. The number of aliphatic hydroxyl groups is 1. The number of β-amino-alcohol motifs (C(OH)–C–C–N with tert-alkyl or cyclic N) is 1. The minimum atomic E-state index is -0.365. The van der Waals surface area contributed by atoms with E-state index in [0.717, 1.165) is 62.0 Å². The van der Waals surface area contributed by atoms with E-state index in [-0.39, 0.29) is 23.2 Å². The number of piperidine rings is 1. The number of rotatable bonds is 7. The third-order valence-corrected chi connectivity index (χ3v) is 10.2. The van der Waals surface area contributed by atoms with E-state index in [2.05, 4.69) is 22.8 Å². The summed E-state index contributed by atoms with van der Waals surface area (Å²) in [6.45, 7) is 7.05. The van der Waals surface area contributed by atoms with Crippen molar-refractivity contribution >= 4 is 39.7 Å². The number of aryl methyl sites for hydroxylation is 1. The second-order valence-electron chi connectivity index (χ2n) is 12.1. The van der Waals surface area contributed by atoms with Gasteiger partial charge in [-0.15, -0.1) is 5.10 Å². The molecule has 1 aromatic carbocycles. The van der Waals surface area contributed by atoms with Crippen LogP contribution in [-0.4, -0.2) is 99.4 Å². The van der Waals surface area contributed by atoms with Crippen LogP contribution in [0.5, 0.6) is 0 Å². The summed E-state index contributed by atoms with van der Waals surface area (Å²) >= 11 is 1.29. The van der Waals surface area contributed by atoms with Crippen molar-refractivity contribution in [2.75, 3.05) is 62.7 Å². The van der Waals surface area contributed by atoms with Crippen LogP contribution in [0.25, 0.3) is 16.9 Å². The van der Waals surface area contributed by atoms with Gasteiger partial charge in [-0.1, -0.05) is 18.3 Å². The van der Waals surface area contributed by atoms with Crippen molar-refractivity contribution in [3.8, 4) is 17.3 Å². The highest BCUT2D eigenvalue weighted by molar-refractivity contribution is 7.16. The molecule has 3 saturated heterocycles. The first-order valence-corrected chi connectivity index (χ1v) is 15.8. The molecule has 228 valence electrons. The summed E-state index contributed by atoms with van der Waals surface area (Å²) < 4.78 is 15.4. The number of nitriles is 1. The molecule has 3 aliphatic heterocycles. The molecule has 11 nitrogen and oxygen atoms in total. The molecule has 0 atom stereocenters. The molecule has 0 aliphatic carbocycles. The largest absolute Gasteiger partial charge is 0.389 e. The number of amides is 1. The fourth-order valence-corrected chi connectivity index (χ4v) is 7.46. The number of fused-ring (bicyclic) bond motifs is 1. The number of benzene rings is 1. The lowest BCUT2D eigenvalue weighted by Crippen LogP contribution is -2.63. The van der Waals surface area contributed by atoms with E-state index < -0.39 is 0 Å². The monoisotopic (exact) mass is 615 g/mol. The third-order valence-electron chi connectivity index (χ3n) is 9.12. The first kappa shape index (κ1) is 28.6. The Kier molecular flexibility index (Phi) is 7.23. The maximum atomic E-state index is 13.5. The normalized spacial score (nSPS) is 18.3. The fraction of sp³-hybridized carbons (Fsp3) is 0.452. The molecule has 7 rings (SSSR count). The highest BCUT2D eigenvalue weighted by Crippen LogP contribution is 2.41. The summed E-state index contributed by atoms with van der Waals surface area (Å²) in [5, 5.41) is 25.0. The summed E-state index contributed by atoms with van der Waals surface area (Å²) in [4.78, 5) is 30.7. The van der Waals surface area contributed by atoms with Crippen molar-refractivity contribution in [2.45, 2.75) is 32.3 Å². The van der Waals surface area contributed by atoms with Crippen LogP contribution in [0, 0.1) is 22.6 Å². The molecular formula is C31H34FN9O2S. The number of thiazole rings is 1. The van der Waals surface area contributed by atoms with Crippen molar-refractivity contribution in [3.63, 3.8) is 0 Å². The molecule has 44 heavy (non-hydrogen) atoms. The minimum Gasteiger partial charge on any atom is -0.389 e. The molecule has 3 aromatic heterocycles. The van der Waals surface area contributed by atoms with Gasteiger partial charge in [0.25, 0.3) is 0 Å². The molecule has 3 aliphatic rings. The average Bonchev–Trinajstić information content (AvgIpc) is 3.60. The Bertz CT molecular complexity index is 1740. The Morgan fingerprint density at radius 1 is 1.16 bits per heavy atom. The standard InChI is InChI=1S/C31H34FN9O2S/c1-3-23-29(37(2)30-35-28(24(14-33)44-30)20-4-6-21(32)7-5-20)41-25(34-23)8-9-26(36-41)39-12-10-31(11-13-39)18-38(19-31)17-27(43)40-15-22(42)16-40/h4-9,22,42H,3,10-13,15-19H2,1-2H3. The molecule has 3 fully saturated rings. The molecule has 0 saturated carbocycles. The Morgan fingerprint density at radius 3 is 2.55 bits per heavy atom. The van der Waals surface area contributed by atoms with Gasteiger partial charge >= 0.3 is 0 Å². The van der Waals surface area contributed by atoms with Crippen LogP contribution in [0.4, 0.5) is 21.2 Å². The van der Waals surface area contributed by atoms with Gasteiger partial charge < -0.3 is 19.8 Å². The van der Waals surface area contributed by atoms with Gasteiger partial charge in [0.05, 0.1) is 18.3 Å². The van der Waals surface area contributed by atoms with Crippen molar-refractivity contribution in [3.05, 3.63) is 52.8 Å². The van der Waals surface area contributed by atoms with E-state index in [1.807, 2.05) is 28.6 Å². The lowest BCUT2D eigenvalue weighted by molar-refractivity contribution is -0.146. The highest BCUT2D eigenvalue weighted by Gasteiger charge is 2.46. The molecule has 1 N–H and O–H groups in total. The van der Waals surface area contributed by atoms with E-state index in [0.29, 0.717) is 47.3 Å². The first-order chi connectivity index (χ1) is 21.3. The summed E-state index contributed by atoms with van der Waals surface area (Å²) in [5.41, 5.74) is 3.08. The van der Waals surface area contributed by atoms with Gasteiger partial charge in [-0.2, -0.15) is 9.78 Å². The first-order valence-electron chi connectivity index (χ1n) is 15.0. The predicted octanol–water partition coefficient (Wildman–Crippen LogP) is 3.30. The SMILES string of the molecule is CCc1nc2ccc(N3CCC4(CC3)CN(CC(=O)N3CC(O)C3)C4)nn2c1N(C)c1nc(-c2ccc(F)cc2)c(C#N)s1. The number of imidazole rings is 1. The number of hydrogen-bond acceptors (Lipinski definition) is 10. The lowest BCUT2D eigenvalue weighted by Gasteiger charge is -2.54. The summed E-state index contributed by atoms with van der Waals surface area (Å²) in [5.74, 6) is 1.46. The topological polar surface area (TPSA) is 117 Å². The van der Waals surface area contributed by atoms with Crippen LogP contribution in [0.2, 0.25) is 0 Å². The van der Waals surface area contributed by atoms with Crippen molar-refractivity contribution in [2.24, 2.45) is 5.41 Å². The van der Waals surface area contributed by atoms with Crippen LogP contribution in [0.15, 0.2) is 36.4 Å². The molecule has 0 bridgehead atoms.